The molecule has 84 valence electrons. The summed E-state index contributed by atoms with van der Waals surface area (Å²) in [5.41, 5.74) is 12.5. The maximum absolute atomic E-state index is 5.81. The predicted octanol–water partition coefficient (Wildman–Crippen LogP) is 2.78. The third kappa shape index (κ3) is 1.63. The molecule has 2 aliphatic rings. The zero-order chi connectivity index (χ0) is 11.0. The molecular formula is C14H17NO. The Labute approximate surface area is 96.1 Å². The molecule has 0 spiro atoms. The highest BCUT2D eigenvalue weighted by molar-refractivity contribution is 5.76. The highest BCUT2D eigenvalue weighted by Gasteiger charge is 2.20. The van der Waals surface area contributed by atoms with Crippen LogP contribution in [-0.4, -0.2) is 13.2 Å². The molecule has 0 saturated carbocycles. The minimum absolute atomic E-state index is 0.832. The van der Waals surface area contributed by atoms with Crippen molar-refractivity contribution in [2.75, 3.05) is 18.9 Å². The summed E-state index contributed by atoms with van der Waals surface area (Å²) in [5.74, 6) is 0. The molecule has 0 radical (unpaired) electrons. The standard InChI is InChI=1S/C14H17NO/c15-12-4-6-13-10(8-12)3-5-14(13)11-2-1-7-16-9-11/h4,6,8H,1-3,5,7,9,15H2/b14-11-. The zero-order valence-corrected chi connectivity index (χ0v) is 9.46. The van der Waals surface area contributed by atoms with Crippen LogP contribution in [0.25, 0.3) is 5.57 Å². The topological polar surface area (TPSA) is 35.2 Å². The van der Waals surface area contributed by atoms with E-state index in [9.17, 15) is 0 Å². The van der Waals surface area contributed by atoms with Gasteiger partial charge in [0.05, 0.1) is 6.61 Å². The lowest BCUT2D eigenvalue weighted by Crippen LogP contribution is -2.09. The number of fused-ring (bicyclic) bond motifs is 1. The summed E-state index contributed by atoms with van der Waals surface area (Å²) in [6, 6.07) is 6.30. The van der Waals surface area contributed by atoms with Crippen LogP contribution in [0.3, 0.4) is 0 Å². The summed E-state index contributed by atoms with van der Waals surface area (Å²) in [6.07, 6.45) is 4.68. The number of nitrogens with two attached hydrogens (primary N) is 1. The van der Waals surface area contributed by atoms with Gasteiger partial charge in [-0.15, -0.1) is 0 Å². The molecule has 0 amide bonds. The van der Waals surface area contributed by atoms with Crippen LogP contribution >= 0.6 is 0 Å². The lowest BCUT2D eigenvalue weighted by Gasteiger charge is -2.18. The van der Waals surface area contributed by atoms with E-state index in [0.29, 0.717) is 0 Å². The highest BCUT2D eigenvalue weighted by atomic mass is 16.5. The molecule has 1 saturated heterocycles. The first kappa shape index (κ1) is 9.91. The first-order valence-corrected chi connectivity index (χ1v) is 6.02. The van der Waals surface area contributed by atoms with Crippen molar-refractivity contribution in [3.8, 4) is 0 Å². The average molecular weight is 215 g/mol. The van der Waals surface area contributed by atoms with Crippen LogP contribution in [0, 0.1) is 0 Å². The number of allylic oxidation sites excluding steroid dienone is 1. The van der Waals surface area contributed by atoms with Gasteiger partial charge < -0.3 is 10.5 Å². The molecule has 0 atom stereocenters. The van der Waals surface area contributed by atoms with Crippen LogP contribution in [0.1, 0.15) is 30.4 Å². The molecule has 3 rings (SSSR count). The molecule has 1 fully saturated rings. The Morgan fingerprint density at radius 3 is 2.88 bits per heavy atom. The number of anilines is 1. The van der Waals surface area contributed by atoms with Crippen molar-refractivity contribution >= 4 is 11.3 Å². The molecule has 2 heteroatoms. The molecule has 1 aliphatic heterocycles. The van der Waals surface area contributed by atoms with Gasteiger partial charge in [0.15, 0.2) is 0 Å². The fraction of sp³-hybridized carbons (Fsp3) is 0.429. The largest absolute Gasteiger partial charge is 0.399 e. The Balaban J connectivity index is 2.01. The van der Waals surface area contributed by atoms with Crippen LogP contribution in [0.2, 0.25) is 0 Å². The van der Waals surface area contributed by atoms with Crippen LogP contribution in [0.15, 0.2) is 23.8 Å². The van der Waals surface area contributed by atoms with Gasteiger partial charge in [0.1, 0.15) is 0 Å². The smallest absolute Gasteiger partial charge is 0.0682 e. The number of ether oxygens (including phenoxy) is 1. The van der Waals surface area contributed by atoms with E-state index in [1.54, 1.807) is 0 Å². The maximum atomic E-state index is 5.81. The minimum Gasteiger partial charge on any atom is -0.399 e. The van der Waals surface area contributed by atoms with Gasteiger partial charge in [-0.2, -0.15) is 0 Å². The van der Waals surface area contributed by atoms with E-state index in [1.807, 2.05) is 6.07 Å². The number of hydrogen-bond acceptors (Lipinski definition) is 2. The van der Waals surface area contributed by atoms with E-state index in [-0.39, 0.29) is 0 Å². The van der Waals surface area contributed by atoms with Gasteiger partial charge in [-0.05, 0) is 60.1 Å². The molecule has 1 aromatic carbocycles. The van der Waals surface area contributed by atoms with E-state index in [4.69, 9.17) is 10.5 Å². The van der Waals surface area contributed by atoms with Crippen molar-refractivity contribution in [3.05, 3.63) is 34.9 Å². The first-order valence-electron chi connectivity index (χ1n) is 6.02. The number of hydrogen-bond donors (Lipinski definition) is 1. The second-order valence-corrected chi connectivity index (χ2v) is 4.65. The summed E-state index contributed by atoms with van der Waals surface area (Å²) in [7, 11) is 0. The van der Waals surface area contributed by atoms with Crippen molar-refractivity contribution in [1.82, 2.24) is 0 Å². The highest BCUT2D eigenvalue weighted by Crippen LogP contribution is 2.37. The number of rotatable bonds is 0. The van der Waals surface area contributed by atoms with Crippen LogP contribution in [0.4, 0.5) is 5.69 Å². The molecule has 1 aromatic rings. The molecule has 0 bridgehead atoms. The third-order valence-corrected chi connectivity index (χ3v) is 3.57. The minimum atomic E-state index is 0.832. The molecular weight excluding hydrogens is 198 g/mol. The third-order valence-electron chi connectivity index (χ3n) is 3.57. The lowest BCUT2D eigenvalue weighted by atomic mass is 9.97. The molecule has 0 unspecified atom stereocenters. The first-order chi connectivity index (χ1) is 7.84. The van der Waals surface area contributed by atoms with E-state index in [1.165, 1.54) is 35.1 Å². The fourth-order valence-electron chi connectivity index (χ4n) is 2.77. The average Bonchev–Trinajstić information content (AvgIpc) is 2.73. The van der Waals surface area contributed by atoms with Gasteiger partial charge in [0.25, 0.3) is 0 Å². The Morgan fingerprint density at radius 2 is 2.06 bits per heavy atom. The summed E-state index contributed by atoms with van der Waals surface area (Å²) < 4.78 is 5.55. The van der Waals surface area contributed by atoms with Crippen molar-refractivity contribution in [1.29, 1.82) is 0 Å². The zero-order valence-electron chi connectivity index (χ0n) is 9.46. The van der Waals surface area contributed by atoms with E-state index >= 15 is 0 Å². The molecule has 1 aliphatic carbocycles. The number of benzene rings is 1. The summed E-state index contributed by atoms with van der Waals surface area (Å²) in [4.78, 5) is 0. The predicted molar refractivity (Wildman–Crippen MR) is 66.1 cm³/mol. The summed E-state index contributed by atoms with van der Waals surface area (Å²) in [5, 5.41) is 0. The van der Waals surface area contributed by atoms with Gasteiger partial charge in [0.2, 0.25) is 0 Å². The summed E-state index contributed by atoms with van der Waals surface area (Å²) >= 11 is 0. The van der Waals surface area contributed by atoms with Gasteiger partial charge in [-0.3, -0.25) is 0 Å². The van der Waals surface area contributed by atoms with Crippen molar-refractivity contribution < 1.29 is 4.74 Å². The molecule has 2 nitrogen and oxygen atoms in total. The quantitative estimate of drug-likeness (QED) is 0.675. The van der Waals surface area contributed by atoms with Crippen molar-refractivity contribution in [2.24, 2.45) is 0 Å². The summed E-state index contributed by atoms with van der Waals surface area (Å²) in [6.45, 7) is 1.75. The van der Waals surface area contributed by atoms with Crippen molar-refractivity contribution in [2.45, 2.75) is 25.7 Å². The fourth-order valence-corrected chi connectivity index (χ4v) is 2.77. The maximum Gasteiger partial charge on any atom is 0.0682 e. The second kappa shape index (κ2) is 3.95. The van der Waals surface area contributed by atoms with E-state index in [0.717, 1.165) is 31.7 Å². The SMILES string of the molecule is Nc1ccc2c(c1)CC/C2=C1\CCCOC1. The Bertz CT molecular complexity index is 440. The van der Waals surface area contributed by atoms with Crippen LogP contribution in [0.5, 0.6) is 0 Å². The van der Waals surface area contributed by atoms with Gasteiger partial charge in [-0.25, -0.2) is 0 Å². The van der Waals surface area contributed by atoms with Crippen LogP contribution < -0.4 is 5.73 Å². The molecule has 1 heterocycles. The Kier molecular flexibility index (Phi) is 2.44. The lowest BCUT2D eigenvalue weighted by molar-refractivity contribution is 0.130. The van der Waals surface area contributed by atoms with Gasteiger partial charge in [0, 0.05) is 12.3 Å². The normalized spacial score (nSPS) is 24.5. The monoisotopic (exact) mass is 215 g/mol. The number of nitrogen functional groups attached to an aromatic ring is 1. The Hall–Kier alpha value is -1.28. The Morgan fingerprint density at radius 1 is 1.12 bits per heavy atom. The van der Waals surface area contributed by atoms with E-state index in [2.05, 4.69) is 12.1 Å². The second-order valence-electron chi connectivity index (χ2n) is 4.65. The van der Waals surface area contributed by atoms with E-state index < -0.39 is 0 Å². The van der Waals surface area contributed by atoms with Gasteiger partial charge >= 0.3 is 0 Å². The molecule has 16 heavy (non-hydrogen) atoms. The van der Waals surface area contributed by atoms with Gasteiger partial charge in [-0.1, -0.05) is 6.07 Å². The number of aryl methyl sites for hydroxylation is 1. The van der Waals surface area contributed by atoms with Crippen LogP contribution in [-0.2, 0) is 11.2 Å². The molecule has 0 aromatic heterocycles. The molecule has 2 N–H and O–H groups in total. The van der Waals surface area contributed by atoms with Crippen molar-refractivity contribution in [3.63, 3.8) is 0 Å².